The quantitative estimate of drug-likeness (QED) is 0.147. The number of methoxy groups -OCH3 is 1. The summed E-state index contributed by atoms with van der Waals surface area (Å²) in [7, 11) is 1.27. The molecule has 0 aromatic rings. The first kappa shape index (κ1) is 34.4. The summed E-state index contributed by atoms with van der Waals surface area (Å²) in [6.07, 6.45) is -18.2. The summed E-state index contributed by atoms with van der Waals surface area (Å²) < 4.78 is 25.7. The van der Waals surface area contributed by atoms with E-state index >= 15 is 0 Å². The maximum atomic E-state index is 10.2. The summed E-state index contributed by atoms with van der Waals surface area (Å²) in [5.74, 6) is -0.533. The molecule has 37 heavy (non-hydrogen) atoms. The standard InChI is InChI=1S/C14H26O10.C6H12O6.CH4/c1-5-6(3-15)22-14(10(19)8(5)17)24-12-7(4-16)23-13(21-2)11(20)9(12)18;7-1-2-3(8)4(9)5(10)6(11)12-2;/h5-20H,3-4H2,1-2H3;2-11H,1H2;1H4/t5-,6?,7?,8+,9?,10?,11?,12-,13-,14+;2?,3-,4+,5?,6+;/m11./s1. The predicted octanol–water partition coefficient (Wildman–Crippen LogP) is -6.05. The van der Waals surface area contributed by atoms with Gasteiger partial charge in [0.1, 0.15) is 54.9 Å². The van der Waals surface area contributed by atoms with Gasteiger partial charge in [-0.15, -0.1) is 0 Å². The molecule has 3 heterocycles. The fourth-order valence-electron chi connectivity index (χ4n) is 4.04. The third kappa shape index (κ3) is 7.73. The fourth-order valence-corrected chi connectivity index (χ4v) is 4.04. The lowest BCUT2D eigenvalue weighted by Crippen LogP contribution is -2.63. The number of hydrogen-bond donors (Lipinski definition) is 11. The van der Waals surface area contributed by atoms with Crippen molar-refractivity contribution >= 4 is 0 Å². The van der Waals surface area contributed by atoms with Crippen molar-refractivity contribution in [1.29, 1.82) is 0 Å². The molecule has 11 N–H and O–H groups in total. The summed E-state index contributed by atoms with van der Waals surface area (Å²) in [6.45, 7) is 0.140. The van der Waals surface area contributed by atoms with Gasteiger partial charge in [-0.1, -0.05) is 14.4 Å². The highest BCUT2D eigenvalue weighted by atomic mass is 16.7. The third-order valence-corrected chi connectivity index (χ3v) is 6.45. The summed E-state index contributed by atoms with van der Waals surface area (Å²) in [5.41, 5.74) is 0. The van der Waals surface area contributed by atoms with Crippen molar-refractivity contribution in [3.63, 3.8) is 0 Å². The minimum absolute atomic E-state index is 0. The van der Waals surface area contributed by atoms with E-state index in [4.69, 9.17) is 44.5 Å². The zero-order chi connectivity index (χ0) is 27.3. The summed E-state index contributed by atoms with van der Waals surface area (Å²) in [4.78, 5) is 0. The molecule has 0 saturated carbocycles. The molecule has 7 unspecified atom stereocenters. The Balaban J connectivity index is 0.000000445. The topological polar surface area (TPSA) is 269 Å². The molecule has 16 heteroatoms. The van der Waals surface area contributed by atoms with Crippen LogP contribution in [0.1, 0.15) is 14.4 Å². The molecular formula is C21H42O16. The van der Waals surface area contributed by atoms with Gasteiger partial charge in [0.05, 0.1) is 32.0 Å². The number of ether oxygens (including phenoxy) is 5. The van der Waals surface area contributed by atoms with Crippen molar-refractivity contribution in [3.05, 3.63) is 0 Å². The van der Waals surface area contributed by atoms with E-state index in [1.165, 1.54) is 7.11 Å². The first-order valence-electron chi connectivity index (χ1n) is 11.3. The normalized spacial score (nSPS) is 48.4. The molecular weight excluding hydrogens is 508 g/mol. The number of hydrogen-bond acceptors (Lipinski definition) is 16. The van der Waals surface area contributed by atoms with Crippen LogP contribution < -0.4 is 0 Å². The van der Waals surface area contributed by atoms with Gasteiger partial charge in [-0.25, -0.2) is 0 Å². The van der Waals surface area contributed by atoms with Gasteiger partial charge in [0, 0.05) is 13.0 Å². The molecule has 0 spiro atoms. The van der Waals surface area contributed by atoms with Gasteiger partial charge in [-0.2, -0.15) is 0 Å². The largest absolute Gasteiger partial charge is 0.394 e. The van der Waals surface area contributed by atoms with Crippen LogP contribution in [-0.4, -0.2) is 169 Å². The lowest BCUT2D eigenvalue weighted by atomic mass is 9.91. The zero-order valence-electron chi connectivity index (χ0n) is 19.7. The Morgan fingerprint density at radius 3 is 1.59 bits per heavy atom. The lowest BCUT2D eigenvalue weighted by molar-refractivity contribution is -0.353. The molecule has 3 aliphatic heterocycles. The molecule has 3 aliphatic rings. The Bertz CT molecular complexity index is 635. The molecule has 0 amide bonds. The highest BCUT2D eigenvalue weighted by molar-refractivity contribution is 4.93. The van der Waals surface area contributed by atoms with Crippen LogP contribution in [-0.2, 0) is 23.7 Å². The first-order chi connectivity index (χ1) is 16.9. The highest BCUT2D eigenvalue weighted by Crippen LogP contribution is 2.31. The lowest BCUT2D eigenvalue weighted by Gasteiger charge is -2.46. The van der Waals surface area contributed by atoms with Crippen LogP contribution in [0.3, 0.4) is 0 Å². The molecule has 3 fully saturated rings. The average molecular weight is 551 g/mol. The second kappa shape index (κ2) is 15.2. The molecule has 0 aliphatic carbocycles. The van der Waals surface area contributed by atoms with E-state index in [1.807, 2.05) is 0 Å². The van der Waals surface area contributed by atoms with Crippen LogP contribution in [0, 0.1) is 5.92 Å². The van der Waals surface area contributed by atoms with Crippen LogP contribution in [0.5, 0.6) is 0 Å². The predicted molar refractivity (Wildman–Crippen MR) is 119 cm³/mol. The highest BCUT2D eigenvalue weighted by Gasteiger charge is 2.50. The van der Waals surface area contributed by atoms with Crippen LogP contribution in [0.2, 0.25) is 0 Å². The maximum absolute atomic E-state index is 10.2. The van der Waals surface area contributed by atoms with Crippen molar-refractivity contribution in [1.82, 2.24) is 0 Å². The van der Waals surface area contributed by atoms with Crippen molar-refractivity contribution in [2.45, 2.75) is 100 Å². The monoisotopic (exact) mass is 550 g/mol. The van der Waals surface area contributed by atoms with Gasteiger partial charge in [-0.05, 0) is 0 Å². The number of rotatable bonds is 6. The molecule has 0 radical (unpaired) electrons. The summed E-state index contributed by atoms with van der Waals surface area (Å²) in [5, 5.41) is 104. The van der Waals surface area contributed by atoms with Crippen LogP contribution in [0.25, 0.3) is 0 Å². The van der Waals surface area contributed by atoms with Crippen molar-refractivity contribution < 1.29 is 79.9 Å². The van der Waals surface area contributed by atoms with E-state index in [2.05, 4.69) is 4.74 Å². The second-order valence-corrected chi connectivity index (χ2v) is 8.83. The van der Waals surface area contributed by atoms with Gasteiger partial charge in [0.2, 0.25) is 0 Å². The van der Waals surface area contributed by atoms with E-state index in [9.17, 15) is 30.6 Å². The van der Waals surface area contributed by atoms with Crippen LogP contribution in [0.4, 0.5) is 0 Å². The fraction of sp³-hybridized carbons (Fsp3) is 1.00. The average Bonchev–Trinajstić information content (AvgIpc) is 2.88. The number of aliphatic hydroxyl groups is 11. The van der Waals surface area contributed by atoms with E-state index < -0.39 is 112 Å². The van der Waals surface area contributed by atoms with E-state index in [0.717, 1.165) is 0 Å². The van der Waals surface area contributed by atoms with Gasteiger partial charge in [0.15, 0.2) is 18.9 Å². The van der Waals surface area contributed by atoms with Crippen molar-refractivity contribution in [2.75, 3.05) is 26.9 Å². The Hall–Kier alpha value is -0.640. The number of aliphatic hydroxyl groups excluding tert-OH is 11. The van der Waals surface area contributed by atoms with Gasteiger partial charge in [0.25, 0.3) is 0 Å². The molecule has 0 aromatic heterocycles. The molecule has 3 rings (SSSR count). The third-order valence-electron chi connectivity index (χ3n) is 6.45. The van der Waals surface area contributed by atoms with E-state index in [0.29, 0.717) is 0 Å². The Labute approximate surface area is 213 Å². The van der Waals surface area contributed by atoms with Gasteiger partial charge in [-0.3, -0.25) is 0 Å². The minimum Gasteiger partial charge on any atom is -0.394 e. The minimum atomic E-state index is -1.57. The molecule has 222 valence electrons. The Kier molecular flexibility index (Phi) is 14.2. The second-order valence-electron chi connectivity index (χ2n) is 8.83. The molecule has 0 bridgehead atoms. The van der Waals surface area contributed by atoms with Gasteiger partial charge < -0.3 is 79.9 Å². The van der Waals surface area contributed by atoms with E-state index in [1.54, 1.807) is 6.92 Å². The van der Waals surface area contributed by atoms with E-state index in [-0.39, 0.29) is 7.43 Å². The van der Waals surface area contributed by atoms with Crippen molar-refractivity contribution in [2.24, 2.45) is 5.92 Å². The zero-order valence-corrected chi connectivity index (χ0v) is 19.7. The van der Waals surface area contributed by atoms with Crippen LogP contribution >= 0.6 is 0 Å². The smallest absolute Gasteiger partial charge is 0.187 e. The van der Waals surface area contributed by atoms with Crippen molar-refractivity contribution in [3.8, 4) is 0 Å². The van der Waals surface area contributed by atoms with Crippen LogP contribution in [0.15, 0.2) is 0 Å². The molecule has 0 aromatic carbocycles. The molecule has 15 atom stereocenters. The van der Waals surface area contributed by atoms with Gasteiger partial charge >= 0.3 is 0 Å². The summed E-state index contributed by atoms with van der Waals surface area (Å²) >= 11 is 0. The first-order valence-corrected chi connectivity index (χ1v) is 11.3. The molecule has 16 nitrogen and oxygen atoms in total. The SMILES string of the molecule is C.CO[C@@H]1OC(CO)[C@@H](O[C@@H]2OC(CO)[C@@H](C)[C@H](O)C2O)C(O)C1O.OCC1O[C@H](O)C(O)[C@@H](O)[C@@H]1O. The molecule has 3 saturated heterocycles. The summed E-state index contributed by atoms with van der Waals surface area (Å²) in [6, 6.07) is 0. The Morgan fingerprint density at radius 2 is 1.08 bits per heavy atom. The maximum Gasteiger partial charge on any atom is 0.187 e. The Morgan fingerprint density at radius 1 is 0.568 bits per heavy atom.